The highest BCUT2D eigenvalue weighted by atomic mass is 14.9. The third kappa shape index (κ3) is 2.54. The Kier molecular flexibility index (Phi) is 5.00. The van der Waals surface area contributed by atoms with Gasteiger partial charge in [0.2, 0.25) is 7.98 Å². The molecule has 1 aromatic heterocycles. The summed E-state index contributed by atoms with van der Waals surface area (Å²) >= 11 is 0. The molecule has 2 heteroatoms. The molecule has 0 aliphatic rings. The molecule has 0 atom stereocenters. The van der Waals surface area contributed by atoms with Crippen molar-refractivity contribution >= 4 is 32.3 Å². The lowest BCUT2D eigenvalue weighted by atomic mass is 10.1. The first kappa shape index (κ1) is 13.8. The van der Waals surface area contributed by atoms with Crippen molar-refractivity contribution in [2.45, 2.75) is 0 Å². The standard InChI is InChI=1S/C16H16BN/c1-5-9-11-15-13(7-3)14(8-4)16(18(15)17)12-10-6-2/h5-12H,1-4H2/b11-9-,12-10-. The molecule has 0 bridgehead atoms. The molecule has 1 aromatic rings. The number of rotatable bonds is 6. The van der Waals surface area contributed by atoms with Crippen LogP contribution in [0.1, 0.15) is 22.5 Å². The smallest absolute Gasteiger partial charge is 0.234 e. The van der Waals surface area contributed by atoms with Gasteiger partial charge in [0.05, 0.1) is 0 Å². The summed E-state index contributed by atoms with van der Waals surface area (Å²) in [7, 11) is 6.09. The van der Waals surface area contributed by atoms with Crippen LogP contribution in [0.25, 0.3) is 24.3 Å². The highest BCUT2D eigenvalue weighted by Gasteiger charge is 2.12. The average Bonchev–Trinajstić information content (AvgIpc) is 2.65. The normalized spacial score (nSPS) is 10.9. The maximum atomic E-state index is 6.09. The lowest BCUT2D eigenvalue weighted by Gasteiger charge is -2.02. The van der Waals surface area contributed by atoms with Crippen LogP contribution in [0, 0.1) is 0 Å². The zero-order chi connectivity index (χ0) is 13.5. The second kappa shape index (κ2) is 6.50. The van der Waals surface area contributed by atoms with E-state index in [2.05, 4.69) is 26.3 Å². The zero-order valence-corrected chi connectivity index (χ0v) is 10.5. The summed E-state index contributed by atoms with van der Waals surface area (Å²) in [5, 5.41) is 0. The predicted molar refractivity (Wildman–Crippen MR) is 84.2 cm³/mol. The molecule has 0 amide bonds. The summed E-state index contributed by atoms with van der Waals surface area (Å²) in [6, 6.07) is 0. The Balaban J connectivity index is 3.56. The van der Waals surface area contributed by atoms with Gasteiger partial charge in [-0.25, -0.2) is 0 Å². The van der Waals surface area contributed by atoms with E-state index in [9.17, 15) is 0 Å². The lowest BCUT2D eigenvalue weighted by molar-refractivity contribution is 1.20. The highest BCUT2D eigenvalue weighted by molar-refractivity contribution is 6.10. The minimum Gasteiger partial charge on any atom is -0.397 e. The Morgan fingerprint density at radius 1 is 0.778 bits per heavy atom. The van der Waals surface area contributed by atoms with E-state index in [1.165, 1.54) is 0 Å². The number of aromatic nitrogens is 1. The van der Waals surface area contributed by atoms with Crippen molar-refractivity contribution in [1.29, 1.82) is 0 Å². The molecule has 1 heterocycles. The van der Waals surface area contributed by atoms with Gasteiger partial charge < -0.3 is 4.48 Å². The molecule has 0 saturated heterocycles. The molecule has 18 heavy (non-hydrogen) atoms. The van der Waals surface area contributed by atoms with Crippen LogP contribution in [0.15, 0.2) is 50.6 Å². The van der Waals surface area contributed by atoms with Gasteiger partial charge in [-0.05, 0) is 12.2 Å². The van der Waals surface area contributed by atoms with E-state index in [0.717, 1.165) is 22.5 Å². The molecule has 0 aliphatic heterocycles. The summed E-state index contributed by atoms with van der Waals surface area (Å²) in [6.07, 6.45) is 14.4. The number of allylic oxidation sites excluding steroid dienone is 4. The summed E-state index contributed by atoms with van der Waals surface area (Å²) in [6.45, 7) is 14.9. The summed E-state index contributed by atoms with van der Waals surface area (Å²) in [4.78, 5) is 0. The molecule has 0 spiro atoms. The minimum atomic E-state index is 0.864. The topological polar surface area (TPSA) is 4.93 Å². The van der Waals surface area contributed by atoms with Gasteiger partial charge in [0, 0.05) is 22.5 Å². The van der Waals surface area contributed by atoms with Crippen LogP contribution in [0.4, 0.5) is 0 Å². The van der Waals surface area contributed by atoms with Crippen LogP contribution in [0.3, 0.4) is 0 Å². The first-order chi connectivity index (χ1) is 8.71. The fraction of sp³-hybridized carbons (Fsp3) is 0. The van der Waals surface area contributed by atoms with E-state index >= 15 is 0 Å². The van der Waals surface area contributed by atoms with Gasteiger partial charge in [0.25, 0.3) is 0 Å². The Labute approximate surface area is 110 Å². The second-order valence-corrected chi connectivity index (χ2v) is 3.57. The van der Waals surface area contributed by atoms with Crippen LogP contribution < -0.4 is 0 Å². The molecule has 0 fully saturated rings. The predicted octanol–water partition coefficient (Wildman–Crippen LogP) is 4.10. The molecular formula is C16H16BN. The Hall–Kier alpha value is -2.22. The van der Waals surface area contributed by atoms with Crippen molar-refractivity contribution in [2.75, 3.05) is 0 Å². The summed E-state index contributed by atoms with van der Waals surface area (Å²) in [5.41, 5.74) is 3.63. The molecule has 0 aromatic carbocycles. The van der Waals surface area contributed by atoms with Crippen molar-refractivity contribution in [3.8, 4) is 0 Å². The molecule has 1 nitrogen and oxygen atoms in total. The van der Waals surface area contributed by atoms with Crippen molar-refractivity contribution < 1.29 is 0 Å². The third-order valence-corrected chi connectivity index (χ3v) is 2.55. The first-order valence-corrected chi connectivity index (χ1v) is 5.58. The van der Waals surface area contributed by atoms with E-state index < -0.39 is 0 Å². The van der Waals surface area contributed by atoms with Crippen molar-refractivity contribution in [3.05, 3.63) is 73.1 Å². The number of nitrogens with zero attached hydrogens (tertiary/aromatic N) is 1. The summed E-state index contributed by atoms with van der Waals surface area (Å²) in [5.74, 6) is 0. The maximum Gasteiger partial charge on any atom is 0.234 e. The zero-order valence-electron chi connectivity index (χ0n) is 10.5. The molecule has 0 aliphatic carbocycles. The third-order valence-electron chi connectivity index (χ3n) is 2.55. The largest absolute Gasteiger partial charge is 0.397 e. The van der Waals surface area contributed by atoms with Gasteiger partial charge >= 0.3 is 0 Å². The quantitative estimate of drug-likeness (QED) is 0.514. The molecular weight excluding hydrogens is 217 g/mol. The van der Waals surface area contributed by atoms with E-state index in [0.29, 0.717) is 0 Å². The van der Waals surface area contributed by atoms with E-state index in [1.54, 1.807) is 28.8 Å². The van der Waals surface area contributed by atoms with Crippen LogP contribution in [0.5, 0.6) is 0 Å². The van der Waals surface area contributed by atoms with Crippen LogP contribution in [-0.2, 0) is 0 Å². The molecule has 0 unspecified atom stereocenters. The van der Waals surface area contributed by atoms with Gasteiger partial charge in [-0.3, -0.25) is 0 Å². The second-order valence-electron chi connectivity index (χ2n) is 3.57. The fourth-order valence-corrected chi connectivity index (χ4v) is 1.75. The maximum absolute atomic E-state index is 6.09. The van der Waals surface area contributed by atoms with Gasteiger partial charge in [-0.2, -0.15) is 0 Å². The highest BCUT2D eigenvalue weighted by Crippen LogP contribution is 2.26. The molecule has 2 radical (unpaired) electrons. The van der Waals surface area contributed by atoms with E-state index in [-0.39, 0.29) is 0 Å². The van der Waals surface area contributed by atoms with Gasteiger partial charge in [0.15, 0.2) is 0 Å². The Morgan fingerprint density at radius 3 is 1.44 bits per heavy atom. The lowest BCUT2D eigenvalue weighted by Crippen LogP contribution is -1.97. The van der Waals surface area contributed by atoms with Gasteiger partial charge in [-0.1, -0.05) is 62.8 Å². The van der Waals surface area contributed by atoms with Crippen LogP contribution in [0.2, 0.25) is 0 Å². The van der Waals surface area contributed by atoms with Gasteiger partial charge in [0.1, 0.15) is 0 Å². The summed E-state index contributed by atoms with van der Waals surface area (Å²) < 4.78 is 1.61. The van der Waals surface area contributed by atoms with E-state index in [4.69, 9.17) is 7.98 Å². The SMILES string of the molecule is [B]n1c(/C=C\C=C)c(C=C)c(C=C)c1/C=C\C=C. The van der Waals surface area contributed by atoms with E-state index in [1.807, 2.05) is 24.3 Å². The minimum absolute atomic E-state index is 0.864. The van der Waals surface area contributed by atoms with Crippen molar-refractivity contribution in [3.63, 3.8) is 0 Å². The van der Waals surface area contributed by atoms with Crippen LogP contribution in [-0.4, -0.2) is 12.5 Å². The number of hydrogen-bond donors (Lipinski definition) is 0. The Bertz CT molecular complexity index is 494. The number of hydrogen-bond acceptors (Lipinski definition) is 0. The molecule has 88 valence electrons. The van der Waals surface area contributed by atoms with Crippen molar-refractivity contribution in [1.82, 2.24) is 4.48 Å². The molecule has 0 saturated carbocycles. The average molecular weight is 233 g/mol. The van der Waals surface area contributed by atoms with Gasteiger partial charge in [-0.15, -0.1) is 0 Å². The van der Waals surface area contributed by atoms with Crippen molar-refractivity contribution in [2.24, 2.45) is 0 Å². The molecule has 1 rings (SSSR count). The molecule has 0 N–H and O–H groups in total. The Morgan fingerprint density at radius 2 is 1.17 bits per heavy atom. The fourth-order valence-electron chi connectivity index (χ4n) is 1.75. The van der Waals surface area contributed by atoms with Crippen LogP contribution >= 0.6 is 0 Å². The monoisotopic (exact) mass is 233 g/mol. The first-order valence-electron chi connectivity index (χ1n) is 5.58.